The van der Waals surface area contributed by atoms with Crippen LogP contribution < -0.4 is 5.73 Å². The minimum atomic E-state index is 0.289. The fourth-order valence-corrected chi connectivity index (χ4v) is 3.20. The van der Waals surface area contributed by atoms with Gasteiger partial charge in [0.1, 0.15) is 5.82 Å². The molecular formula is C17H26BrN3. The molecule has 0 saturated heterocycles. The van der Waals surface area contributed by atoms with Crippen LogP contribution in [0.25, 0.3) is 11.0 Å². The summed E-state index contributed by atoms with van der Waals surface area (Å²) in [5, 5.41) is 0. The average Bonchev–Trinajstić information content (AvgIpc) is 2.76. The summed E-state index contributed by atoms with van der Waals surface area (Å²) in [4.78, 5) is 4.89. The molecule has 0 aliphatic rings. The first-order valence-corrected chi connectivity index (χ1v) is 8.62. The van der Waals surface area contributed by atoms with E-state index in [0.717, 1.165) is 29.3 Å². The predicted molar refractivity (Wildman–Crippen MR) is 93.7 cm³/mol. The Bertz CT molecular complexity index is 601. The third-order valence-electron chi connectivity index (χ3n) is 3.93. The van der Waals surface area contributed by atoms with Crippen molar-refractivity contribution in [3.05, 3.63) is 28.5 Å². The second-order valence-electron chi connectivity index (χ2n) is 6.38. The van der Waals surface area contributed by atoms with Crippen LogP contribution in [0.15, 0.2) is 22.7 Å². The Morgan fingerprint density at radius 1 is 1.19 bits per heavy atom. The molecule has 0 bridgehead atoms. The SMILES string of the molecule is CC(N)CCCC(C)c1nc2cc(Br)ccc2n1C(C)C. The molecule has 1 heterocycles. The van der Waals surface area contributed by atoms with Crippen LogP contribution in [-0.2, 0) is 0 Å². The second kappa shape index (κ2) is 6.93. The number of nitrogens with zero attached hydrogens (tertiary/aromatic N) is 2. The lowest BCUT2D eigenvalue weighted by atomic mass is 10.0. The van der Waals surface area contributed by atoms with Gasteiger partial charge in [0.2, 0.25) is 0 Å². The average molecular weight is 352 g/mol. The number of nitrogens with two attached hydrogens (primary N) is 1. The van der Waals surface area contributed by atoms with Crippen LogP contribution in [0.4, 0.5) is 0 Å². The van der Waals surface area contributed by atoms with Crippen LogP contribution in [0.5, 0.6) is 0 Å². The summed E-state index contributed by atoms with van der Waals surface area (Å²) in [7, 11) is 0. The van der Waals surface area contributed by atoms with Gasteiger partial charge in [-0.25, -0.2) is 4.98 Å². The first kappa shape index (κ1) is 16.5. The molecule has 116 valence electrons. The van der Waals surface area contributed by atoms with E-state index in [1.807, 2.05) is 0 Å². The van der Waals surface area contributed by atoms with Crippen LogP contribution in [-0.4, -0.2) is 15.6 Å². The van der Waals surface area contributed by atoms with Crippen LogP contribution in [0.2, 0.25) is 0 Å². The van der Waals surface area contributed by atoms with E-state index in [-0.39, 0.29) is 6.04 Å². The minimum absolute atomic E-state index is 0.289. The lowest BCUT2D eigenvalue weighted by Crippen LogP contribution is -2.15. The normalized spacial score (nSPS) is 14.8. The lowest BCUT2D eigenvalue weighted by Gasteiger charge is -2.18. The van der Waals surface area contributed by atoms with Crippen molar-refractivity contribution in [2.24, 2.45) is 5.73 Å². The molecular weight excluding hydrogens is 326 g/mol. The lowest BCUT2D eigenvalue weighted by molar-refractivity contribution is 0.504. The van der Waals surface area contributed by atoms with Crippen molar-refractivity contribution in [3.8, 4) is 0 Å². The Morgan fingerprint density at radius 2 is 1.90 bits per heavy atom. The molecule has 2 rings (SSSR count). The van der Waals surface area contributed by atoms with E-state index in [2.05, 4.69) is 66.4 Å². The summed E-state index contributed by atoms with van der Waals surface area (Å²) in [5.74, 6) is 1.65. The largest absolute Gasteiger partial charge is 0.328 e. The smallest absolute Gasteiger partial charge is 0.112 e. The highest BCUT2D eigenvalue weighted by Gasteiger charge is 2.18. The maximum Gasteiger partial charge on any atom is 0.112 e. The van der Waals surface area contributed by atoms with Gasteiger partial charge in [-0.15, -0.1) is 0 Å². The highest BCUT2D eigenvalue weighted by atomic mass is 79.9. The summed E-state index contributed by atoms with van der Waals surface area (Å²) in [5.41, 5.74) is 8.15. The molecule has 4 heteroatoms. The van der Waals surface area contributed by atoms with E-state index in [1.165, 1.54) is 11.3 Å². The van der Waals surface area contributed by atoms with E-state index < -0.39 is 0 Å². The number of fused-ring (bicyclic) bond motifs is 1. The Labute approximate surface area is 136 Å². The zero-order chi connectivity index (χ0) is 15.6. The van der Waals surface area contributed by atoms with Gasteiger partial charge in [-0.05, 0) is 51.8 Å². The van der Waals surface area contributed by atoms with Crippen molar-refractivity contribution < 1.29 is 0 Å². The summed E-state index contributed by atoms with van der Waals surface area (Å²) in [6.07, 6.45) is 3.38. The van der Waals surface area contributed by atoms with E-state index >= 15 is 0 Å². The molecule has 0 aliphatic carbocycles. The van der Waals surface area contributed by atoms with Crippen LogP contribution in [0, 0.1) is 0 Å². The summed E-state index contributed by atoms with van der Waals surface area (Å²) < 4.78 is 3.46. The molecule has 1 aromatic heterocycles. The molecule has 2 aromatic rings. The van der Waals surface area contributed by atoms with Crippen molar-refractivity contribution in [1.29, 1.82) is 0 Å². The number of halogens is 1. The Balaban J connectivity index is 2.31. The van der Waals surface area contributed by atoms with E-state index in [9.17, 15) is 0 Å². The fourth-order valence-electron chi connectivity index (χ4n) is 2.86. The third kappa shape index (κ3) is 3.86. The molecule has 0 saturated carbocycles. The van der Waals surface area contributed by atoms with Crippen molar-refractivity contribution in [2.75, 3.05) is 0 Å². The first-order valence-electron chi connectivity index (χ1n) is 7.83. The highest BCUT2D eigenvalue weighted by molar-refractivity contribution is 9.10. The Kier molecular flexibility index (Phi) is 5.44. The number of benzene rings is 1. The van der Waals surface area contributed by atoms with Crippen LogP contribution >= 0.6 is 15.9 Å². The van der Waals surface area contributed by atoms with Crippen molar-refractivity contribution in [1.82, 2.24) is 9.55 Å². The van der Waals surface area contributed by atoms with Gasteiger partial charge in [0.15, 0.2) is 0 Å². The van der Waals surface area contributed by atoms with Gasteiger partial charge in [-0.2, -0.15) is 0 Å². The monoisotopic (exact) mass is 351 g/mol. The highest BCUT2D eigenvalue weighted by Crippen LogP contribution is 2.30. The number of imidazole rings is 1. The van der Waals surface area contributed by atoms with E-state index in [4.69, 9.17) is 10.7 Å². The number of hydrogen-bond donors (Lipinski definition) is 1. The molecule has 0 fully saturated rings. The number of aromatic nitrogens is 2. The summed E-state index contributed by atoms with van der Waals surface area (Å²) in [6, 6.07) is 7.06. The van der Waals surface area contributed by atoms with Crippen molar-refractivity contribution >= 4 is 27.0 Å². The Hall–Kier alpha value is -0.870. The zero-order valence-electron chi connectivity index (χ0n) is 13.4. The second-order valence-corrected chi connectivity index (χ2v) is 7.29. The molecule has 1 aromatic carbocycles. The van der Waals surface area contributed by atoms with Gasteiger partial charge in [0.05, 0.1) is 11.0 Å². The molecule has 2 atom stereocenters. The van der Waals surface area contributed by atoms with Gasteiger partial charge in [-0.3, -0.25) is 0 Å². The molecule has 0 amide bonds. The van der Waals surface area contributed by atoms with Gasteiger partial charge in [-0.1, -0.05) is 29.3 Å². The maximum absolute atomic E-state index is 5.85. The van der Waals surface area contributed by atoms with Crippen molar-refractivity contribution in [3.63, 3.8) is 0 Å². The molecule has 0 aliphatic heterocycles. The fraction of sp³-hybridized carbons (Fsp3) is 0.588. The number of rotatable bonds is 6. The topological polar surface area (TPSA) is 43.8 Å². The van der Waals surface area contributed by atoms with Crippen LogP contribution in [0.3, 0.4) is 0 Å². The van der Waals surface area contributed by atoms with Crippen LogP contribution in [0.1, 0.15) is 64.7 Å². The molecule has 0 radical (unpaired) electrons. The zero-order valence-corrected chi connectivity index (χ0v) is 15.0. The van der Waals surface area contributed by atoms with Gasteiger partial charge in [0, 0.05) is 22.5 Å². The first-order chi connectivity index (χ1) is 9.90. The standard InChI is InChI=1S/C17H26BrN3/c1-11(2)21-16-9-8-14(18)10-15(16)20-17(21)12(3)6-5-7-13(4)19/h8-13H,5-7,19H2,1-4H3. The van der Waals surface area contributed by atoms with Gasteiger partial charge in [0.25, 0.3) is 0 Å². The quantitative estimate of drug-likeness (QED) is 0.795. The van der Waals surface area contributed by atoms with Gasteiger partial charge < -0.3 is 10.3 Å². The van der Waals surface area contributed by atoms with Gasteiger partial charge >= 0.3 is 0 Å². The molecule has 3 nitrogen and oxygen atoms in total. The molecule has 0 spiro atoms. The molecule has 21 heavy (non-hydrogen) atoms. The maximum atomic E-state index is 5.85. The van der Waals surface area contributed by atoms with Crippen molar-refractivity contribution in [2.45, 2.75) is 65.0 Å². The van der Waals surface area contributed by atoms with E-state index in [0.29, 0.717) is 12.0 Å². The third-order valence-corrected chi connectivity index (χ3v) is 4.43. The number of hydrogen-bond acceptors (Lipinski definition) is 2. The van der Waals surface area contributed by atoms with E-state index in [1.54, 1.807) is 0 Å². The predicted octanol–water partition coefficient (Wildman–Crippen LogP) is 5.00. The minimum Gasteiger partial charge on any atom is -0.328 e. The Morgan fingerprint density at radius 3 is 2.52 bits per heavy atom. The molecule has 2 N–H and O–H groups in total. The summed E-state index contributed by atoms with van der Waals surface area (Å²) in [6.45, 7) is 8.80. The summed E-state index contributed by atoms with van der Waals surface area (Å²) >= 11 is 3.54. The molecule has 2 unspecified atom stereocenters.